The topological polar surface area (TPSA) is 101 Å². The third-order valence-electron chi connectivity index (χ3n) is 8.79. The molecule has 1 unspecified atom stereocenters. The molecule has 3 heterocycles. The van der Waals surface area contributed by atoms with Gasteiger partial charge in [0.1, 0.15) is 12.4 Å². The van der Waals surface area contributed by atoms with Gasteiger partial charge in [-0.15, -0.1) is 11.3 Å². The molecule has 6 rings (SSSR count). The second kappa shape index (κ2) is 11.8. The van der Waals surface area contributed by atoms with E-state index in [9.17, 15) is 14.7 Å². The van der Waals surface area contributed by atoms with Gasteiger partial charge in [0.25, 0.3) is 5.91 Å². The van der Waals surface area contributed by atoms with Gasteiger partial charge in [-0.25, -0.2) is 4.98 Å². The number of ether oxygens (including phenoxy) is 1. The molecule has 4 aromatic rings. The van der Waals surface area contributed by atoms with Crippen molar-refractivity contribution >= 4 is 28.3 Å². The molecule has 1 saturated carbocycles. The molecule has 1 aliphatic carbocycles. The molecule has 1 aliphatic heterocycles. The van der Waals surface area contributed by atoms with Gasteiger partial charge >= 0.3 is 5.97 Å². The molecule has 0 radical (unpaired) electrons. The number of anilines is 1. The van der Waals surface area contributed by atoms with Crippen LogP contribution in [-0.4, -0.2) is 56.8 Å². The molecule has 2 aromatic heterocycles. The van der Waals surface area contributed by atoms with E-state index in [1.54, 1.807) is 34.2 Å². The van der Waals surface area contributed by atoms with Gasteiger partial charge in [-0.2, -0.15) is 5.10 Å². The van der Waals surface area contributed by atoms with Crippen molar-refractivity contribution in [3.8, 4) is 17.0 Å². The number of nitrogens with zero attached hydrogens (tertiary/aromatic N) is 5. The Balaban J connectivity index is 1.14. The van der Waals surface area contributed by atoms with Crippen LogP contribution in [0.5, 0.6) is 5.75 Å². The number of thiazole rings is 1. The largest absolute Gasteiger partial charge is 0.488 e. The van der Waals surface area contributed by atoms with Crippen molar-refractivity contribution in [3.05, 3.63) is 82.0 Å². The zero-order valence-corrected chi connectivity index (χ0v) is 25.8. The average Bonchev–Trinajstić information content (AvgIpc) is 3.70. The SMILES string of the molecule is Cc1ccc(OCc2ccc(C(=O)N(C)Cc3cnn(C)c3)cc2C)c(-c2csc(N3C[C@H]4CC[C@@H](C3)C4C(=O)O)n2)c1. The summed E-state index contributed by atoms with van der Waals surface area (Å²) in [4.78, 5) is 33.8. The molecular formula is C33H37N5O4S. The fraction of sp³-hybridized carbons (Fsp3) is 0.394. The number of aryl methyl sites for hydroxylation is 3. The molecule has 2 bridgehead atoms. The monoisotopic (exact) mass is 599 g/mol. The minimum Gasteiger partial charge on any atom is -0.488 e. The summed E-state index contributed by atoms with van der Waals surface area (Å²) in [5.41, 5.74) is 6.54. The van der Waals surface area contributed by atoms with E-state index >= 15 is 0 Å². The van der Waals surface area contributed by atoms with Gasteiger partial charge in [-0.1, -0.05) is 17.7 Å². The number of rotatable bonds is 9. The Hall–Kier alpha value is -4.18. The fourth-order valence-electron chi connectivity index (χ4n) is 6.55. The number of aliphatic carboxylic acids is 1. The van der Waals surface area contributed by atoms with Crippen LogP contribution in [0, 0.1) is 31.6 Å². The number of hydrogen-bond donors (Lipinski definition) is 1. The van der Waals surface area contributed by atoms with Crippen LogP contribution in [0.15, 0.2) is 54.2 Å². The molecule has 1 amide bonds. The Morgan fingerprint density at radius 2 is 1.88 bits per heavy atom. The number of fused-ring (bicyclic) bond motifs is 2. The van der Waals surface area contributed by atoms with E-state index in [-0.39, 0.29) is 23.7 Å². The summed E-state index contributed by atoms with van der Waals surface area (Å²) in [7, 11) is 3.66. The summed E-state index contributed by atoms with van der Waals surface area (Å²) in [5.74, 6) is 0.206. The molecule has 1 saturated heterocycles. The first-order valence-electron chi connectivity index (χ1n) is 14.7. The number of piperidine rings is 1. The molecule has 2 aliphatic rings. The summed E-state index contributed by atoms with van der Waals surface area (Å²) in [6.45, 7) is 6.40. The minimum atomic E-state index is -0.654. The van der Waals surface area contributed by atoms with E-state index in [1.807, 2.05) is 50.5 Å². The molecule has 224 valence electrons. The number of benzene rings is 2. The Morgan fingerprint density at radius 3 is 2.56 bits per heavy atom. The molecule has 43 heavy (non-hydrogen) atoms. The zero-order chi connectivity index (χ0) is 30.2. The van der Waals surface area contributed by atoms with Crippen molar-refractivity contribution in [2.75, 3.05) is 25.0 Å². The molecule has 3 atom stereocenters. The normalized spacial score (nSPS) is 19.4. The molecular weight excluding hydrogens is 562 g/mol. The summed E-state index contributed by atoms with van der Waals surface area (Å²) < 4.78 is 8.09. The Bertz CT molecular complexity index is 1650. The van der Waals surface area contributed by atoms with E-state index < -0.39 is 5.97 Å². The van der Waals surface area contributed by atoms with E-state index in [0.717, 1.165) is 70.3 Å². The van der Waals surface area contributed by atoms with E-state index in [2.05, 4.69) is 28.4 Å². The van der Waals surface area contributed by atoms with Gasteiger partial charge in [-0.3, -0.25) is 14.3 Å². The quantitative estimate of drug-likeness (QED) is 0.269. The highest BCUT2D eigenvalue weighted by Gasteiger charge is 2.46. The van der Waals surface area contributed by atoms with Gasteiger partial charge < -0.3 is 19.6 Å². The number of carboxylic acid groups (broad SMARTS) is 1. The molecule has 2 fully saturated rings. The van der Waals surface area contributed by atoms with Crippen molar-refractivity contribution in [3.63, 3.8) is 0 Å². The van der Waals surface area contributed by atoms with Gasteiger partial charge in [0.2, 0.25) is 0 Å². The van der Waals surface area contributed by atoms with Crippen LogP contribution in [0.25, 0.3) is 11.3 Å². The Morgan fingerprint density at radius 1 is 1.12 bits per heavy atom. The van der Waals surface area contributed by atoms with Gasteiger partial charge in [-0.05, 0) is 73.9 Å². The van der Waals surface area contributed by atoms with Gasteiger partial charge in [0.05, 0.1) is 17.8 Å². The maximum Gasteiger partial charge on any atom is 0.307 e. The first-order chi connectivity index (χ1) is 20.7. The highest BCUT2D eigenvalue weighted by molar-refractivity contribution is 7.14. The summed E-state index contributed by atoms with van der Waals surface area (Å²) in [6.07, 6.45) is 5.63. The number of carbonyl (C=O) groups excluding carboxylic acids is 1. The maximum absolute atomic E-state index is 13.1. The maximum atomic E-state index is 13.1. The van der Waals surface area contributed by atoms with E-state index in [4.69, 9.17) is 9.72 Å². The second-order valence-electron chi connectivity index (χ2n) is 12.0. The van der Waals surface area contributed by atoms with Crippen molar-refractivity contribution < 1.29 is 19.4 Å². The van der Waals surface area contributed by atoms with Gasteiger partial charge in [0.15, 0.2) is 5.13 Å². The van der Waals surface area contributed by atoms with Crippen LogP contribution in [0.3, 0.4) is 0 Å². The van der Waals surface area contributed by atoms with Crippen LogP contribution < -0.4 is 9.64 Å². The lowest BCUT2D eigenvalue weighted by Crippen LogP contribution is -2.44. The molecule has 2 aromatic carbocycles. The van der Waals surface area contributed by atoms with Crippen LogP contribution in [0.1, 0.15) is 45.5 Å². The number of carboxylic acids is 1. The van der Waals surface area contributed by atoms with Crippen molar-refractivity contribution in [1.82, 2.24) is 19.7 Å². The highest BCUT2D eigenvalue weighted by atomic mass is 32.1. The number of aromatic nitrogens is 3. The lowest BCUT2D eigenvalue weighted by atomic mass is 9.85. The smallest absolute Gasteiger partial charge is 0.307 e. The minimum absolute atomic E-state index is 0.0419. The lowest BCUT2D eigenvalue weighted by molar-refractivity contribution is -0.144. The van der Waals surface area contributed by atoms with E-state index in [0.29, 0.717) is 18.7 Å². The Labute approximate surface area is 255 Å². The summed E-state index contributed by atoms with van der Waals surface area (Å²) in [6, 6.07) is 11.9. The lowest BCUT2D eigenvalue weighted by Gasteiger charge is -2.35. The van der Waals surface area contributed by atoms with E-state index in [1.165, 1.54) is 0 Å². The van der Waals surface area contributed by atoms with Crippen LogP contribution in [0.2, 0.25) is 0 Å². The van der Waals surface area contributed by atoms with Gasteiger partial charge in [0, 0.05) is 62.0 Å². The third-order valence-corrected chi connectivity index (χ3v) is 9.69. The second-order valence-corrected chi connectivity index (χ2v) is 12.8. The molecule has 9 nitrogen and oxygen atoms in total. The summed E-state index contributed by atoms with van der Waals surface area (Å²) in [5, 5.41) is 16.9. The first kappa shape index (κ1) is 28.9. The average molecular weight is 600 g/mol. The standard InChI is InChI=1S/C33H37N5O4S/c1-20-5-10-29(27(11-20)28-19-43-33(35-28)38-16-24-7-8-25(17-38)30(24)32(40)41)42-18-26-9-6-23(12-21(26)2)31(39)36(3)14-22-13-34-37(4)15-22/h5-6,9-13,15,19,24-25,30H,7-8,14,16-18H2,1-4H3,(H,40,41)/t24-,25+,30?. The molecule has 0 spiro atoms. The van der Waals surface area contributed by atoms with Crippen molar-refractivity contribution in [1.29, 1.82) is 0 Å². The first-order valence-corrected chi connectivity index (χ1v) is 15.5. The molecule has 1 N–H and O–H groups in total. The van der Waals surface area contributed by atoms with Crippen molar-refractivity contribution in [2.24, 2.45) is 24.8 Å². The van der Waals surface area contributed by atoms with Crippen molar-refractivity contribution in [2.45, 2.75) is 39.8 Å². The predicted octanol–water partition coefficient (Wildman–Crippen LogP) is 5.56. The predicted molar refractivity (Wildman–Crippen MR) is 166 cm³/mol. The number of carbonyl (C=O) groups is 2. The fourth-order valence-corrected chi connectivity index (χ4v) is 7.40. The number of amides is 1. The number of hydrogen-bond acceptors (Lipinski definition) is 7. The van der Waals surface area contributed by atoms with Crippen LogP contribution in [0.4, 0.5) is 5.13 Å². The Kier molecular flexibility index (Phi) is 7.96. The zero-order valence-electron chi connectivity index (χ0n) is 25.0. The third kappa shape index (κ3) is 6.01. The highest BCUT2D eigenvalue weighted by Crippen LogP contribution is 2.44. The summed E-state index contributed by atoms with van der Waals surface area (Å²) >= 11 is 1.60. The molecule has 10 heteroatoms. The van der Waals surface area contributed by atoms with Crippen LogP contribution >= 0.6 is 11.3 Å². The van der Waals surface area contributed by atoms with Crippen LogP contribution in [-0.2, 0) is 25.0 Å².